The molecule has 2 aromatic rings. The predicted molar refractivity (Wildman–Crippen MR) is 75.1 cm³/mol. The Balaban J connectivity index is 2.10. The summed E-state index contributed by atoms with van der Waals surface area (Å²) >= 11 is 3.48. The third-order valence-electron chi connectivity index (χ3n) is 2.74. The topological polar surface area (TPSA) is 24.9 Å². The molecule has 0 spiro atoms. The van der Waals surface area contributed by atoms with Crippen molar-refractivity contribution in [3.8, 4) is 0 Å². The SMILES string of the molecule is CCc1ccccc1CNc1ccncc1Br. The van der Waals surface area contributed by atoms with E-state index < -0.39 is 0 Å². The molecule has 0 saturated carbocycles. The van der Waals surface area contributed by atoms with Gasteiger partial charge in [-0.3, -0.25) is 4.98 Å². The second kappa shape index (κ2) is 5.82. The van der Waals surface area contributed by atoms with Crippen LogP contribution in [0, 0.1) is 0 Å². The summed E-state index contributed by atoms with van der Waals surface area (Å²) in [5.74, 6) is 0. The number of nitrogens with zero attached hydrogens (tertiary/aromatic N) is 1. The first-order valence-electron chi connectivity index (χ1n) is 5.71. The Morgan fingerprint density at radius 2 is 1.94 bits per heavy atom. The van der Waals surface area contributed by atoms with E-state index in [-0.39, 0.29) is 0 Å². The fourth-order valence-electron chi connectivity index (χ4n) is 1.78. The van der Waals surface area contributed by atoms with Crippen LogP contribution in [-0.4, -0.2) is 4.98 Å². The Labute approximate surface area is 110 Å². The molecule has 1 N–H and O–H groups in total. The summed E-state index contributed by atoms with van der Waals surface area (Å²) in [6, 6.07) is 10.5. The number of nitrogens with one attached hydrogen (secondary N) is 1. The fourth-order valence-corrected chi connectivity index (χ4v) is 2.17. The maximum Gasteiger partial charge on any atom is 0.0590 e. The predicted octanol–water partition coefficient (Wildman–Crippen LogP) is 4.02. The molecule has 0 radical (unpaired) electrons. The highest BCUT2D eigenvalue weighted by atomic mass is 79.9. The van der Waals surface area contributed by atoms with Crippen LogP contribution >= 0.6 is 15.9 Å². The molecule has 1 aromatic carbocycles. The van der Waals surface area contributed by atoms with Crippen LogP contribution in [0.15, 0.2) is 47.2 Å². The zero-order valence-corrected chi connectivity index (χ0v) is 11.4. The first kappa shape index (κ1) is 12.1. The molecule has 0 saturated heterocycles. The number of aryl methyl sites for hydroxylation is 1. The van der Waals surface area contributed by atoms with Gasteiger partial charge in [-0.1, -0.05) is 31.2 Å². The van der Waals surface area contributed by atoms with E-state index in [1.807, 2.05) is 6.07 Å². The molecule has 2 rings (SSSR count). The summed E-state index contributed by atoms with van der Waals surface area (Å²) in [6.07, 6.45) is 4.66. The van der Waals surface area contributed by atoms with Gasteiger partial charge in [-0.15, -0.1) is 0 Å². The first-order valence-corrected chi connectivity index (χ1v) is 6.50. The molecule has 0 atom stereocenters. The molecular weight excluding hydrogens is 276 g/mol. The van der Waals surface area contributed by atoms with Crippen LogP contribution in [0.2, 0.25) is 0 Å². The molecule has 1 heterocycles. The van der Waals surface area contributed by atoms with Gasteiger partial charge in [0.2, 0.25) is 0 Å². The van der Waals surface area contributed by atoms with Crippen molar-refractivity contribution in [1.82, 2.24) is 4.98 Å². The van der Waals surface area contributed by atoms with Gasteiger partial charge in [0.25, 0.3) is 0 Å². The summed E-state index contributed by atoms with van der Waals surface area (Å²) in [5, 5.41) is 3.42. The Morgan fingerprint density at radius 1 is 1.18 bits per heavy atom. The van der Waals surface area contributed by atoms with Crippen molar-refractivity contribution in [1.29, 1.82) is 0 Å². The van der Waals surface area contributed by atoms with Crippen LogP contribution in [0.1, 0.15) is 18.1 Å². The molecule has 1 aromatic heterocycles. The van der Waals surface area contributed by atoms with E-state index in [1.54, 1.807) is 12.4 Å². The Bertz CT molecular complexity index is 497. The summed E-state index contributed by atoms with van der Waals surface area (Å²) in [7, 11) is 0. The molecule has 0 unspecified atom stereocenters. The quantitative estimate of drug-likeness (QED) is 0.920. The minimum atomic E-state index is 0.840. The highest BCUT2D eigenvalue weighted by Crippen LogP contribution is 2.21. The lowest BCUT2D eigenvalue weighted by Crippen LogP contribution is -2.03. The molecule has 0 bridgehead atoms. The Kier molecular flexibility index (Phi) is 4.15. The minimum Gasteiger partial charge on any atom is -0.380 e. The molecule has 0 aliphatic carbocycles. The van der Waals surface area contributed by atoms with Crippen molar-refractivity contribution in [3.05, 3.63) is 58.3 Å². The van der Waals surface area contributed by atoms with E-state index in [4.69, 9.17) is 0 Å². The molecule has 0 amide bonds. The van der Waals surface area contributed by atoms with Crippen LogP contribution in [0.3, 0.4) is 0 Å². The van der Waals surface area contributed by atoms with Crippen LogP contribution in [0.25, 0.3) is 0 Å². The van der Waals surface area contributed by atoms with Crippen LogP contribution < -0.4 is 5.32 Å². The standard InChI is InChI=1S/C14H15BrN2/c1-2-11-5-3-4-6-12(11)9-17-14-7-8-16-10-13(14)15/h3-8,10H,2,9H2,1H3,(H,16,17). The third-order valence-corrected chi connectivity index (χ3v) is 3.37. The smallest absolute Gasteiger partial charge is 0.0590 e. The number of hydrogen-bond acceptors (Lipinski definition) is 2. The highest BCUT2D eigenvalue weighted by Gasteiger charge is 2.01. The minimum absolute atomic E-state index is 0.840. The van der Waals surface area contributed by atoms with Gasteiger partial charge in [0.15, 0.2) is 0 Å². The number of aromatic nitrogens is 1. The Hall–Kier alpha value is -1.35. The normalized spacial score (nSPS) is 10.2. The average molecular weight is 291 g/mol. The van der Waals surface area contributed by atoms with E-state index >= 15 is 0 Å². The number of pyridine rings is 1. The summed E-state index contributed by atoms with van der Waals surface area (Å²) in [6.45, 7) is 3.02. The van der Waals surface area contributed by atoms with Crippen molar-refractivity contribution in [3.63, 3.8) is 0 Å². The van der Waals surface area contributed by atoms with Crippen molar-refractivity contribution >= 4 is 21.6 Å². The fraction of sp³-hybridized carbons (Fsp3) is 0.214. The summed E-state index contributed by atoms with van der Waals surface area (Å²) in [5.41, 5.74) is 3.81. The molecule has 0 aliphatic heterocycles. The Morgan fingerprint density at radius 3 is 2.65 bits per heavy atom. The number of rotatable bonds is 4. The first-order chi connectivity index (χ1) is 8.31. The van der Waals surface area contributed by atoms with E-state index in [9.17, 15) is 0 Å². The van der Waals surface area contributed by atoms with Gasteiger partial charge in [0.1, 0.15) is 0 Å². The van der Waals surface area contributed by atoms with Crippen LogP contribution in [0.5, 0.6) is 0 Å². The van der Waals surface area contributed by atoms with Crippen LogP contribution in [0.4, 0.5) is 5.69 Å². The highest BCUT2D eigenvalue weighted by molar-refractivity contribution is 9.10. The van der Waals surface area contributed by atoms with Gasteiger partial charge in [0, 0.05) is 18.9 Å². The van der Waals surface area contributed by atoms with Crippen molar-refractivity contribution in [2.45, 2.75) is 19.9 Å². The van der Waals surface area contributed by atoms with Gasteiger partial charge in [-0.2, -0.15) is 0 Å². The third kappa shape index (κ3) is 3.07. The maximum atomic E-state index is 4.05. The lowest BCUT2D eigenvalue weighted by Gasteiger charge is -2.11. The molecule has 0 aliphatic rings. The number of anilines is 1. The van der Waals surface area contributed by atoms with Gasteiger partial charge in [-0.25, -0.2) is 0 Å². The molecule has 88 valence electrons. The van der Waals surface area contributed by atoms with Gasteiger partial charge >= 0.3 is 0 Å². The lowest BCUT2D eigenvalue weighted by molar-refractivity contribution is 1.04. The maximum absolute atomic E-state index is 4.05. The van der Waals surface area contributed by atoms with E-state index in [2.05, 4.69) is 57.4 Å². The van der Waals surface area contributed by atoms with Gasteiger partial charge in [-0.05, 0) is 39.5 Å². The van der Waals surface area contributed by atoms with E-state index in [0.29, 0.717) is 0 Å². The lowest BCUT2D eigenvalue weighted by atomic mass is 10.1. The monoisotopic (exact) mass is 290 g/mol. The van der Waals surface area contributed by atoms with Crippen molar-refractivity contribution < 1.29 is 0 Å². The largest absolute Gasteiger partial charge is 0.380 e. The van der Waals surface area contributed by atoms with Crippen molar-refractivity contribution in [2.75, 3.05) is 5.32 Å². The van der Waals surface area contributed by atoms with Gasteiger partial charge in [0.05, 0.1) is 10.2 Å². The molecule has 2 nitrogen and oxygen atoms in total. The summed E-state index contributed by atoms with van der Waals surface area (Å²) < 4.78 is 0.994. The second-order valence-electron chi connectivity index (χ2n) is 3.83. The molecular formula is C14H15BrN2. The van der Waals surface area contributed by atoms with Crippen LogP contribution in [-0.2, 0) is 13.0 Å². The number of benzene rings is 1. The second-order valence-corrected chi connectivity index (χ2v) is 4.69. The van der Waals surface area contributed by atoms with Crippen molar-refractivity contribution in [2.24, 2.45) is 0 Å². The number of hydrogen-bond donors (Lipinski definition) is 1. The summed E-state index contributed by atoms with van der Waals surface area (Å²) in [4.78, 5) is 4.05. The zero-order valence-electron chi connectivity index (χ0n) is 9.78. The molecule has 0 fully saturated rings. The molecule has 3 heteroatoms. The van der Waals surface area contributed by atoms with E-state index in [0.717, 1.165) is 23.1 Å². The average Bonchev–Trinajstić information content (AvgIpc) is 2.38. The number of halogens is 1. The van der Waals surface area contributed by atoms with Gasteiger partial charge < -0.3 is 5.32 Å². The zero-order chi connectivity index (χ0) is 12.1. The molecule has 17 heavy (non-hydrogen) atoms. The van der Waals surface area contributed by atoms with E-state index in [1.165, 1.54) is 11.1 Å².